The molecule has 3 heterocycles. The molecule has 0 amide bonds. The molecule has 180 valence electrons. The molecule has 3 aliphatic heterocycles. The summed E-state index contributed by atoms with van der Waals surface area (Å²) in [6.45, 7) is 5.61. The molecule has 3 saturated heterocycles. The summed E-state index contributed by atoms with van der Waals surface area (Å²) in [5, 5.41) is 20.6. The third-order valence-corrected chi connectivity index (χ3v) is 6.54. The van der Waals surface area contributed by atoms with Crippen LogP contribution in [0, 0.1) is 0 Å². The zero-order valence-corrected chi connectivity index (χ0v) is 19.1. The summed E-state index contributed by atoms with van der Waals surface area (Å²) >= 11 is 0. The molecule has 0 unspecified atom stereocenters. The lowest BCUT2D eigenvalue weighted by molar-refractivity contribution is -0.337. The van der Waals surface area contributed by atoms with Gasteiger partial charge in [0, 0.05) is 19.3 Å². The van der Waals surface area contributed by atoms with E-state index in [1.54, 1.807) is 6.92 Å². The summed E-state index contributed by atoms with van der Waals surface area (Å²) in [6, 6.07) is 0. The summed E-state index contributed by atoms with van der Waals surface area (Å²) in [4.78, 5) is 12.4. The number of ether oxygens (including phenoxy) is 5. The van der Waals surface area contributed by atoms with Gasteiger partial charge in [-0.05, 0) is 33.6 Å². The Morgan fingerprint density at radius 3 is 1.94 bits per heavy atom. The Morgan fingerprint density at radius 1 is 0.710 bits per heavy atom. The second kappa shape index (κ2) is 11.9. The molecule has 8 nitrogen and oxygen atoms in total. The molecule has 31 heavy (non-hydrogen) atoms. The molecule has 0 aliphatic carbocycles. The monoisotopic (exact) mass is 444 g/mol. The molecule has 3 rings (SSSR count). The average molecular weight is 445 g/mol. The molecule has 8 heteroatoms. The van der Waals surface area contributed by atoms with E-state index in [4.69, 9.17) is 23.7 Å². The maximum atomic E-state index is 12.4. The molecule has 0 bridgehead atoms. The molecule has 0 aromatic carbocycles. The van der Waals surface area contributed by atoms with Gasteiger partial charge in [0.25, 0.3) is 0 Å². The van der Waals surface area contributed by atoms with Crippen LogP contribution in [0.5, 0.6) is 0 Å². The van der Waals surface area contributed by atoms with E-state index in [1.807, 2.05) is 13.8 Å². The molecule has 3 aliphatic rings. The van der Waals surface area contributed by atoms with Crippen molar-refractivity contribution in [1.29, 1.82) is 0 Å². The highest BCUT2D eigenvalue weighted by atomic mass is 16.8. The van der Waals surface area contributed by atoms with E-state index >= 15 is 0 Å². The highest BCUT2D eigenvalue weighted by Crippen LogP contribution is 2.31. The van der Waals surface area contributed by atoms with Crippen LogP contribution in [-0.2, 0) is 28.5 Å². The normalized spacial score (nSPS) is 44.4. The van der Waals surface area contributed by atoms with Crippen LogP contribution >= 0.6 is 0 Å². The first kappa shape index (κ1) is 24.9. The van der Waals surface area contributed by atoms with E-state index in [1.165, 1.54) is 0 Å². The summed E-state index contributed by atoms with van der Waals surface area (Å²) in [6.07, 6.45) is 3.02. The van der Waals surface area contributed by atoms with Crippen molar-refractivity contribution in [3.63, 3.8) is 0 Å². The zero-order chi connectivity index (χ0) is 22.4. The van der Waals surface area contributed by atoms with Gasteiger partial charge in [0.05, 0.1) is 30.5 Å². The van der Waals surface area contributed by atoms with Crippen molar-refractivity contribution in [3.8, 4) is 0 Å². The number of rotatable bonds is 0. The van der Waals surface area contributed by atoms with Crippen molar-refractivity contribution in [2.45, 2.75) is 140 Å². The Bertz CT molecular complexity index is 558. The van der Waals surface area contributed by atoms with Gasteiger partial charge in [0.2, 0.25) is 0 Å². The van der Waals surface area contributed by atoms with Gasteiger partial charge >= 0.3 is 5.97 Å². The van der Waals surface area contributed by atoms with Crippen LogP contribution in [0.25, 0.3) is 0 Å². The number of aliphatic hydroxyl groups is 2. The second-order valence-electron chi connectivity index (χ2n) is 9.33. The van der Waals surface area contributed by atoms with Gasteiger partial charge in [-0.3, -0.25) is 4.79 Å². The summed E-state index contributed by atoms with van der Waals surface area (Å²) < 4.78 is 29.8. The van der Waals surface area contributed by atoms with Gasteiger partial charge in [-0.25, -0.2) is 0 Å². The number of hydrogen-bond donors (Lipinski definition) is 2. The fourth-order valence-corrected chi connectivity index (χ4v) is 4.43. The fourth-order valence-electron chi connectivity index (χ4n) is 4.43. The van der Waals surface area contributed by atoms with Crippen LogP contribution in [0.2, 0.25) is 0 Å². The zero-order valence-electron chi connectivity index (χ0n) is 19.1. The van der Waals surface area contributed by atoms with Crippen molar-refractivity contribution in [1.82, 2.24) is 0 Å². The third-order valence-electron chi connectivity index (χ3n) is 6.54. The Kier molecular flexibility index (Phi) is 9.55. The van der Waals surface area contributed by atoms with Crippen molar-refractivity contribution in [2.75, 3.05) is 0 Å². The third kappa shape index (κ3) is 7.37. The predicted molar refractivity (Wildman–Crippen MR) is 112 cm³/mol. The first-order valence-electron chi connectivity index (χ1n) is 12.0. The van der Waals surface area contributed by atoms with Crippen LogP contribution in [-0.4, -0.2) is 71.5 Å². The smallest absolute Gasteiger partial charge is 0.306 e. The molecule has 3 fully saturated rings. The SMILES string of the molecule is C[C@@H]1CCCCCCCCC(=O)O[C@@H]2C[C@@H](O)[C@H](C)O[C@H]2O[C@@H]2C[C@@H](O)[C@H](C)O[C@H]2O1. The number of hydrogen-bond acceptors (Lipinski definition) is 8. The van der Waals surface area contributed by atoms with Crippen molar-refractivity contribution >= 4 is 5.97 Å². The van der Waals surface area contributed by atoms with Crippen molar-refractivity contribution in [3.05, 3.63) is 0 Å². The molecule has 9 atom stereocenters. The highest BCUT2D eigenvalue weighted by molar-refractivity contribution is 5.69. The minimum atomic E-state index is -0.853. The number of fused-ring (bicyclic) bond motifs is 2. The summed E-state index contributed by atoms with van der Waals surface area (Å²) in [7, 11) is 0. The molecular weight excluding hydrogens is 404 g/mol. The highest BCUT2D eigenvalue weighted by Gasteiger charge is 2.44. The quantitative estimate of drug-likeness (QED) is 0.550. The van der Waals surface area contributed by atoms with Crippen LogP contribution in [0.4, 0.5) is 0 Å². The van der Waals surface area contributed by atoms with Gasteiger partial charge in [-0.1, -0.05) is 32.1 Å². The van der Waals surface area contributed by atoms with Crippen LogP contribution in [0.1, 0.15) is 85.0 Å². The van der Waals surface area contributed by atoms with E-state index in [2.05, 4.69) is 0 Å². The topological polar surface area (TPSA) is 104 Å². The van der Waals surface area contributed by atoms with Crippen LogP contribution in [0.3, 0.4) is 0 Å². The molecule has 0 radical (unpaired) electrons. The Hall–Kier alpha value is -0.770. The van der Waals surface area contributed by atoms with Gasteiger partial charge in [-0.2, -0.15) is 0 Å². The maximum absolute atomic E-state index is 12.4. The van der Waals surface area contributed by atoms with Gasteiger partial charge < -0.3 is 33.9 Å². The molecule has 0 aromatic rings. The Balaban J connectivity index is 1.75. The van der Waals surface area contributed by atoms with Gasteiger partial charge in [0.15, 0.2) is 18.7 Å². The van der Waals surface area contributed by atoms with Crippen molar-refractivity contribution < 1.29 is 38.7 Å². The molecule has 0 spiro atoms. The number of esters is 1. The lowest BCUT2D eigenvalue weighted by Gasteiger charge is -2.43. The summed E-state index contributed by atoms with van der Waals surface area (Å²) in [5.41, 5.74) is 0. The number of aliphatic hydroxyl groups excluding tert-OH is 2. The minimum absolute atomic E-state index is 0.00382. The average Bonchev–Trinajstić information content (AvgIpc) is 2.71. The minimum Gasteiger partial charge on any atom is -0.457 e. The second-order valence-corrected chi connectivity index (χ2v) is 9.33. The first-order valence-corrected chi connectivity index (χ1v) is 12.0. The lowest BCUT2D eigenvalue weighted by Crippen LogP contribution is -2.55. The first-order chi connectivity index (χ1) is 14.8. The molecule has 2 N–H and O–H groups in total. The van der Waals surface area contributed by atoms with E-state index < -0.39 is 43.1 Å². The largest absolute Gasteiger partial charge is 0.457 e. The van der Waals surface area contributed by atoms with Gasteiger partial charge in [-0.15, -0.1) is 0 Å². The molecule has 0 aromatic heterocycles. The Morgan fingerprint density at radius 2 is 1.26 bits per heavy atom. The molecular formula is C23H40O8. The van der Waals surface area contributed by atoms with E-state index in [0.29, 0.717) is 12.8 Å². The van der Waals surface area contributed by atoms with Crippen LogP contribution in [0.15, 0.2) is 0 Å². The fraction of sp³-hybridized carbons (Fsp3) is 0.957. The number of carbonyl (C=O) groups excluding carboxylic acids is 1. The predicted octanol–water partition coefficient (Wildman–Crippen LogP) is 2.81. The van der Waals surface area contributed by atoms with Crippen molar-refractivity contribution in [2.24, 2.45) is 0 Å². The summed E-state index contributed by atoms with van der Waals surface area (Å²) in [5.74, 6) is -0.303. The lowest BCUT2D eigenvalue weighted by atomic mass is 10.0. The van der Waals surface area contributed by atoms with Crippen LogP contribution < -0.4 is 0 Å². The van der Waals surface area contributed by atoms with E-state index in [0.717, 1.165) is 44.9 Å². The van der Waals surface area contributed by atoms with Gasteiger partial charge in [0.1, 0.15) is 6.10 Å². The van der Waals surface area contributed by atoms with E-state index in [-0.39, 0.29) is 24.6 Å². The maximum Gasteiger partial charge on any atom is 0.306 e. The van der Waals surface area contributed by atoms with E-state index in [9.17, 15) is 15.0 Å². The number of carbonyl (C=O) groups is 1. The Labute approximate surface area is 185 Å². The standard InChI is InChI=1S/C23H40O8/c1-14-10-8-6-4-5-7-9-11-21(26)30-19-12-17(24)16(3)29-23(19)31-20-13-18(25)15(2)28-22(20)27-14/h14-20,22-25H,4-13H2,1-3H3/t14-,15+,16+,17-,18-,19-,20-,22-,23+/m1/s1. The molecule has 0 saturated carbocycles.